The fourth-order valence-electron chi connectivity index (χ4n) is 7.16. The van der Waals surface area contributed by atoms with E-state index in [1.165, 1.54) is 25.7 Å². The summed E-state index contributed by atoms with van der Waals surface area (Å²) in [7, 11) is 0. The summed E-state index contributed by atoms with van der Waals surface area (Å²) in [4.78, 5) is 34.2. The molecule has 16 heteroatoms. The maximum atomic E-state index is 9.07. The van der Waals surface area contributed by atoms with Gasteiger partial charge in [-0.3, -0.25) is 8.80 Å². The summed E-state index contributed by atoms with van der Waals surface area (Å²) in [6, 6.07) is 16.8. The summed E-state index contributed by atoms with van der Waals surface area (Å²) in [6.45, 7) is 2.48. The molecule has 10 rings (SSSR count). The van der Waals surface area contributed by atoms with Crippen molar-refractivity contribution in [2.45, 2.75) is 50.4 Å². The smallest absolute Gasteiger partial charge is 0.180 e. The summed E-state index contributed by atoms with van der Waals surface area (Å²) in [5.74, 6) is 10.4. The molecule has 0 aliphatic heterocycles. The van der Waals surface area contributed by atoms with Gasteiger partial charge >= 0.3 is 0 Å². The lowest BCUT2D eigenvalue weighted by Gasteiger charge is -2.09. The van der Waals surface area contributed by atoms with Gasteiger partial charge in [-0.2, -0.15) is 0 Å². The zero-order chi connectivity index (χ0) is 41.7. The Labute approximate surface area is 361 Å². The van der Waals surface area contributed by atoms with E-state index in [1.54, 1.807) is 0 Å². The summed E-state index contributed by atoms with van der Waals surface area (Å²) >= 11 is 3.51. The molecule has 9 N–H and O–H groups in total. The van der Waals surface area contributed by atoms with Crippen molar-refractivity contribution in [2.24, 2.45) is 11.5 Å². The van der Waals surface area contributed by atoms with Crippen LogP contribution in [-0.4, -0.2) is 86.6 Å². The number of nitrogens with two attached hydrogens (primary N) is 2. The van der Waals surface area contributed by atoms with Gasteiger partial charge in [-0.15, -0.1) is 0 Å². The number of nitrogens with one attached hydrogen (secondary N) is 4. The number of rotatable bonds is 14. The fraction of sp³-hybridized carbons (Fsp3) is 0.289. The minimum absolute atomic E-state index is 0.218. The van der Waals surface area contributed by atoms with Crippen molar-refractivity contribution in [3.63, 3.8) is 0 Å². The quantitative estimate of drug-likeness (QED) is 0.0438. The standard InChI is InChI=1S/C24H25N7O.C21H22BrN7/c25-10-2-11-26-23-24-28-14-21(31(24)15-19(29-23)3-1-12-32)17-6-4-16(5-7-17)20-13-27-22(30-20)18-8-9-18;22-18-12-29-17(11-26-21(29)20(28-18)24-9-1-8-23)14-4-2-13(3-5-14)16-10-25-19(27-16)15-6-7-15/h4-7,13-15,18,32H,2,8-12,25H2,(H,26,29)(H,27,30);2-5,10-12,15H,1,6-9,23H2,(H,24,28)(H,25,27). The number of halogens is 1. The molecule has 0 amide bonds. The van der Waals surface area contributed by atoms with Crippen molar-refractivity contribution in [3.8, 4) is 56.9 Å². The van der Waals surface area contributed by atoms with E-state index in [1.807, 2.05) is 41.6 Å². The van der Waals surface area contributed by atoms with E-state index < -0.39 is 0 Å². The highest BCUT2D eigenvalue weighted by Gasteiger charge is 2.27. The van der Waals surface area contributed by atoms with Gasteiger partial charge in [0.15, 0.2) is 22.9 Å². The molecule has 0 bridgehead atoms. The fourth-order valence-corrected chi connectivity index (χ4v) is 7.54. The van der Waals surface area contributed by atoms with Crippen molar-refractivity contribution in [1.82, 2.24) is 48.7 Å². The molecule has 0 unspecified atom stereocenters. The van der Waals surface area contributed by atoms with Crippen LogP contribution in [0.15, 0.2) is 90.3 Å². The largest absolute Gasteiger partial charge is 0.384 e. The zero-order valence-electron chi connectivity index (χ0n) is 33.6. The maximum absolute atomic E-state index is 9.07. The average Bonchev–Trinajstić information content (AvgIpc) is 4.08. The lowest BCUT2D eigenvalue weighted by atomic mass is 10.1. The first-order valence-corrected chi connectivity index (χ1v) is 21.5. The highest BCUT2D eigenvalue weighted by molar-refractivity contribution is 9.10. The van der Waals surface area contributed by atoms with Gasteiger partial charge < -0.3 is 37.2 Å². The van der Waals surface area contributed by atoms with Crippen molar-refractivity contribution in [2.75, 3.05) is 43.4 Å². The van der Waals surface area contributed by atoms with Crippen LogP contribution in [0.3, 0.4) is 0 Å². The Balaban J connectivity index is 0.000000157. The molecule has 310 valence electrons. The van der Waals surface area contributed by atoms with E-state index in [4.69, 9.17) is 16.6 Å². The zero-order valence-corrected chi connectivity index (χ0v) is 35.2. The van der Waals surface area contributed by atoms with Crippen LogP contribution in [-0.2, 0) is 0 Å². The number of aliphatic hydroxyl groups is 1. The first-order chi connectivity index (χ1) is 30.0. The molecule has 0 saturated heterocycles. The summed E-state index contributed by atoms with van der Waals surface area (Å²) in [5, 5.41) is 15.7. The minimum Gasteiger partial charge on any atom is -0.384 e. The number of benzene rings is 2. The number of nitrogens with zero attached hydrogens (tertiary/aromatic N) is 8. The Kier molecular flexibility index (Phi) is 11.9. The molecule has 0 radical (unpaired) electrons. The van der Waals surface area contributed by atoms with Crippen LogP contribution in [0.2, 0.25) is 0 Å². The Morgan fingerprint density at radius 3 is 1.61 bits per heavy atom. The Hall–Kier alpha value is -6.38. The molecule has 2 aliphatic carbocycles. The summed E-state index contributed by atoms with van der Waals surface area (Å²) < 4.78 is 4.79. The molecule has 8 aromatic rings. The number of H-pyrrole nitrogens is 2. The Morgan fingerprint density at radius 2 is 1.13 bits per heavy atom. The molecule has 6 aromatic heterocycles. The number of aromatic amines is 2. The molecule has 61 heavy (non-hydrogen) atoms. The van der Waals surface area contributed by atoms with Gasteiger partial charge in [0.1, 0.15) is 28.6 Å². The highest BCUT2D eigenvalue weighted by atomic mass is 79.9. The van der Waals surface area contributed by atoms with Crippen LogP contribution in [0.4, 0.5) is 11.6 Å². The van der Waals surface area contributed by atoms with Crippen LogP contribution in [0.5, 0.6) is 0 Å². The van der Waals surface area contributed by atoms with Crippen molar-refractivity contribution in [1.29, 1.82) is 0 Å². The van der Waals surface area contributed by atoms with Gasteiger partial charge in [0, 0.05) is 48.4 Å². The Bertz CT molecular complexity index is 2820. The predicted octanol–water partition coefficient (Wildman–Crippen LogP) is 6.96. The molecule has 0 spiro atoms. The molecule has 2 fully saturated rings. The van der Waals surface area contributed by atoms with Crippen LogP contribution >= 0.6 is 15.9 Å². The average molecular weight is 880 g/mol. The van der Waals surface area contributed by atoms with Gasteiger partial charge in [0.25, 0.3) is 0 Å². The first-order valence-electron chi connectivity index (χ1n) is 20.7. The van der Waals surface area contributed by atoms with Crippen molar-refractivity contribution < 1.29 is 5.11 Å². The summed E-state index contributed by atoms with van der Waals surface area (Å²) in [6.07, 6.45) is 18.0. The minimum atomic E-state index is -0.218. The molecule has 0 atom stereocenters. The molecule has 6 heterocycles. The van der Waals surface area contributed by atoms with Gasteiger partial charge in [0.05, 0.1) is 47.6 Å². The van der Waals surface area contributed by atoms with Gasteiger partial charge in [0.2, 0.25) is 0 Å². The number of hydrogen-bond acceptors (Lipinski definition) is 11. The first kappa shape index (κ1) is 40.0. The van der Waals surface area contributed by atoms with E-state index in [9.17, 15) is 0 Å². The number of imidazole rings is 4. The monoisotopic (exact) mass is 878 g/mol. The van der Waals surface area contributed by atoms with Crippen LogP contribution in [0.1, 0.15) is 67.7 Å². The molecular formula is C45H47BrN14O. The topological polar surface area (TPSA) is 214 Å². The molecular weight excluding hydrogens is 832 g/mol. The highest BCUT2D eigenvalue weighted by Crippen LogP contribution is 2.40. The normalized spacial score (nSPS) is 13.5. The van der Waals surface area contributed by atoms with Crippen LogP contribution in [0.25, 0.3) is 56.3 Å². The van der Waals surface area contributed by atoms with Crippen LogP contribution in [0, 0.1) is 11.8 Å². The van der Waals surface area contributed by atoms with Crippen molar-refractivity contribution >= 4 is 38.9 Å². The number of hydrogen-bond donors (Lipinski definition) is 7. The lowest BCUT2D eigenvalue weighted by Crippen LogP contribution is -2.11. The van der Waals surface area contributed by atoms with E-state index in [-0.39, 0.29) is 6.61 Å². The Morgan fingerprint density at radius 1 is 0.656 bits per heavy atom. The van der Waals surface area contributed by atoms with E-state index in [0.29, 0.717) is 43.0 Å². The lowest BCUT2D eigenvalue weighted by molar-refractivity contribution is 0.350. The van der Waals surface area contributed by atoms with Gasteiger partial charge in [-0.25, -0.2) is 29.9 Å². The van der Waals surface area contributed by atoms with Crippen molar-refractivity contribution in [3.05, 3.63) is 108 Å². The van der Waals surface area contributed by atoms with E-state index in [0.717, 1.165) is 97.8 Å². The number of aliphatic hydroxyl groups excluding tert-OH is 1. The number of fused-ring (bicyclic) bond motifs is 2. The number of aromatic nitrogens is 10. The van der Waals surface area contributed by atoms with E-state index >= 15 is 0 Å². The third kappa shape index (κ3) is 9.05. The molecule has 2 saturated carbocycles. The maximum Gasteiger partial charge on any atom is 0.180 e. The third-order valence-corrected chi connectivity index (χ3v) is 11.1. The summed E-state index contributed by atoms with van der Waals surface area (Å²) in [5.41, 5.74) is 21.7. The second kappa shape index (κ2) is 18.1. The van der Waals surface area contributed by atoms with Gasteiger partial charge in [-0.1, -0.05) is 54.5 Å². The second-order valence-electron chi connectivity index (χ2n) is 15.2. The van der Waals surface area contributed by atoms with E-state index in [2.05, 4.69) is 131 Å². The molecule has 15 nitrogen and oxygen atoms in total. The third-order valence-electron chi connectivity index (χ3n) is 10.7. The second-order valence-corrected chi connectivity index (χ2v) is 16.0. The SMILES string of the molecule is NCCCNc1nc(Br)cn2c(-c3ccc(-c4cnc(C5CC5)[nH]4)cc3)cnc12.NCCCNc1nc(C#CCO)cn2c(-c3ccc(-c4cnc(C5CC5)[nH]4)cc3)cnc12. The molecule has 2 aromatic carbocycles. The number of anilines is 2. The molecule has 2 aliphatic rings. The van der Waals surface area contributed by atoms with Crippen LogP contribution < -0.4 is 22.1 Å². The van der Waals surface area contributed by atoms with Gasteiger partial charge in [-0.05, 0) is 84.6 Å². The predicted molar refractivity (Wildman–Crippen MR) is 242 cm³/mol.